The van der Waals surface area contributed by atoms with E-state index >= 15 is 0 Å². The molecule has 4 N–H and O–H groups in total. The van der Waals surface area contributed by atoms with Gasteiger partial charge in [-0.05, 0) is 41.8 Å². The molecule has 5 nitrogen and oxygen atoms in total. The summed E-state index contributed by atoms with van der Waals surface area (Å²) in [6.07, 6.45) is 2.40. The van der Waals surface area contributed by atoms with Crippen LogP contribution in [0.25, 0.3) is 0 Å². The Morgan fingerprint density at radius 1 is 1.61 bits per heavy atom. The summed E-state index contributed by atoms with van der Waals surface area (Å²) >= 11 is 3.52. The molecule has 1 aromatic heterocycles. The van der Waals surface area contributed by atoms with Gasteiger partial charge < -0.3 is 16.4 Å². The van der Waals surface area contributed by atoms with Crippen molar-refractivity contribution in [1.82, 2.24) is 4.98 Å². The molecule has 1 amide bonds. The first-order chi connectivity index (χ1) is 8.35. The first kappa shape index (κ1) is 13.1. The second-order valence-corrected chi connectivity index (χ2v) is 5.87. The van der Waals surface area contributed by atoms with Gasteiger partial charge in [-0.2, -0.15) is 0 Å². The lowest BCUT2D eigenvalue weighted by Crippen LogP contribution is -2.37. The number of amides is 1. The lowest BCUT2D eigenvalue weighted by Gasteiger charge is -2.23. The fourth-order valence-electron chi connectivity index (χ4n) is 2.14. The fraction of sp³-hybridized carbons (Fsp3) is 0.500. The summed E-state index contributed by atoms with van der Waals surface area (Å²) in [7, 11) is 0. The van der Waals surface area contributed by atoms with E-state index in [0.29, 0.717) is 12.2 Å². The molecule has 98 valence electrons. The van der Waals surface area contributed by atoms with E-state index in [1.807, 2.05) is 13.8 Å². The highest BCUT2D eigenvalue weighted by atomic mass is 79.9. The Morgan fingerprint density at radius 2 is 2.28 bits per heavy atom. The highest BCUT2D eigenvalue weighted by Crippen LogP contribution is 2.37. The van der Waals surface area contributed by atoms with Crippen LogP contribution in [0.15, 0.2) is 10.7 Å². The molecule has 0 aliphatic carbocycles. The maximum atomic E-state index is 11.4. The van der Waals surface area contributed by atoms with Gasteiger partial charge in [0.15, 0.2) is 0 Å². The molecule has 0 spiro atoms. The number of hydrogen-bond donors (Lipinski definition) is 2. The number of halogens is 1. The SMILES string of the molecule is Cc1c(N)cnc(N2CCC(C)(C(N)=O)C2)c1Br. The molecule has 1 aliphatic heterocycles. The average Bonchev–Trinajstić information content (AvgIpc) is 2.70. The predicted octanol–water partition coefficient (Wildman–Crippen LogP) is 1.44. The van der Waals surface area contributed by atoms with Gasteiger partial charge in [0.25, 0.3) is 0 Å². The molecule has 1 aliphatic rings. The minimum Gasteiger partial charge on any atom is -0.397 e. The zero-order valence-electron chi connectivity index (χ0n) is 10.5. The third-order valence-corrected chi connectivity index (χ3v) is 4.60. The summed E-state index contributed by atoms with van der Waals surface area (Å²) in [5, 5.41) is 0. The number of nitrogens with zero attached hydrogens (tertiary/aromatic N) is 2. The Morgan fingerprint density at radius 3 is 2.83 bits per heavy atom. The maximum absolute atomic E-state index is 11.4. The minimum atomic E-state index is -0.476. The molecule has 1 aromatic rings. The van der Waals surface area contributed by atoms with E-state index in [0.717, 1.165) is 28.8 Å². The van der Waals surface area contributed by atoms with Crippen LogP contribution in [0.1, 0.15) is 18.9 Å². The van der Waals surface area contributed by atoms with Crippen LogP contribution in [-0.2, 0) is 4.79 Å². The average molecular weight is 313 g/mol. The number of rotatable bonds is 2. The maximum Gasteiger partial charge on any atom is 0.225 e. The Labute approximate surface area is 115 Å². The summed E-state index contributed by atoms with van der Waals surface area (Å²) in [6.45, 7) is 5.20. The van der Waals surface area contributed by atoms with Gasteiger partial charge in [0.2, 0.25) is 5.91 Å². The molecule has 18 heavy (non-hydrogen) atoms. The monoisotopic (exact) mass is 312 g/mol. The summed E-state index contributed by atoms with van der Waals surface area (Å²) in [4.78, 5) is 17.9. The number of carbonyl (C=O) groups is 1. The van der Waals surface area contributed by atoms with Crippen LogP contribution < -0.4 is 16.4 Å². The molecule has 1 atom stereocenters. The zero-order valence-corrected chi connectivity index (χ0v) is 12.1. The summed E-state index contributed by atoms with van der Waals surface area (Å²) in [5.41, 5.74) is 12.4. The molecule has 0 radical (unpaired) electrons. The Kier molecular flexibility index (Phi) is 3.23. The number of anilines is 2. The van der Waals surface area contributed by atoms with Gasteiger partial charge in [0, 0.05) is 13.1 Å². The van der Waals surface area contributed by atoms with E-state index in [4.69, 9.17) is 11.5 Å². The quantitative estimate of drug-likeness (QED) is 0.865. The van der Waals surface area contributed by atoms with Crippen molar-refractivity contribution in [3.8, 4) is 0 Å². The van der Waals surface area contributed by atoms with Crippen molar-refractivity contribution in [3.63, 3.8) is 0 Å². The van der Waals surface area contributed by atoms with Crippen LogP contribution in [0.3, 0.4) is 0 Å². The molecule has 1 saturated heterocycles. The predicted molar refractivity (Wildman–Crippen MR) is 75.2 cm³/mol. The van der Waals surface area contributed by atoms with Crippen LogP contribution in [-0.4, -0.2) is 24.0 Å². The van der Waals surface area contributed by atoms with Crippen LogP contribution in [0.4, 0.5) is 11.5 Å². The second kappa shape index (κ2) is 4.42. The van der Waals surface area contributed by atoms with Crippen molar-refractivity contribution in [2.45, 2.75) is 20.3 Å². The normalized spacial score (nSPS) is 23.4. The summed E-state index contributed by atoms with van der Waals surface area (Å²) in [6, 6.07) is 0. The van der Waals surface area contributed by atoms with Gasteiger partial charge in [0.05, 0.1) is 21.8 Å². The zero-order chi connectivity index (χ0) is 13.5. The Balaban J connectivity index is 2.30. The number of nitrogens with two attached hydrogens (primary N) is 2. The van der Waals surface area contributed by atoms with Gasteiger partial charge in [0.1, 0.15) is 5.82 Å². The fourth-order valence-corrected chi connectivity index (χ4v) is 2.72. The molecule has 2 rings (SSSR count). The van der Waals surface area contributed by atoms with Crippen LogP contribution in [0, 0.1) is 12.3 Å². The molecule has 0 bridgehead atoms. The van der Waals surface area contributed by atoms with Crippen molar-refractivity contribution in [2.24, 2.45) is 11.1 Å². The largest absolute Gasteiger partial charge is 0.397 e. The van der Waals surface area contributed by atoms with Gasteiger partial charge in [-0.15, -0.1) is 0 Å². The van der Waals surface area contributed by atoms with E-state index < -0.39 is 5.41 Å². The van der Waals surface area contributed by atoms with Crippen LogP contribution in [0.2, 0.25) is 0 Å². The van der Waals surface area contributed by atoms with Gasteiger partial charge >= 0.3 is 0 Å². The standard InChI is InChI=1S/C12H17BrN4O/c1-7-8(14)5-16-10(9(7)13)17-4-3-12(2,6-17)11(15)18/h5H,3-4,6,14H2,1-2H3,(H2,15,18). The highest BCUT2D eigenvalue weighted by molar-refractivity contribution is 9.10. The number of nitrogen functional groups attached to an aromatic ring is 1. The summed E-state index contributed by atoms with van der Waals surface area (Å²) < 4.78 is 0.885. The third-order valence-electron chi connectivity index (χ3n) is 3.65. The van der Waals surface area contributed by atoms with E-state index in [2.05, 4.69) is 25.8 Å². The van der Waals surface area contributed by atoms with Crippen molar-refractivity contribution in [3.05, 3.63) is 16.2 Å². The molecule has 1 unspecified atom stereocenters. The number of carbonyl (C=O) groups excluding carboxylic acids is 1. The Hall–Kier alpha value is -1.30. The molecule has 2 heterocycles. The highest BCUT2D eigenvalue weighted by Gasteiger charge is 2.39. The Bertz CT molecular complexity index is 505. The molecule has 6 heteroatoms. The number of hydrogen-bond acceptors (Lipinski definition) is 4. The number of pyridine rings is 1. The van der Waals surface area contributed by atoms with Gasteiger partial charge in [-0.3, -0.25) is 4.79 Å². The van der Waals surface area contributed by atoms with Crippen LogP contribution >= 0.6 is 15.9 Å². The third kappa shape index (κ3) is 2.05. The molecule has 0 saturated carbocycles. The number of aromatic nitrogens is 1. The first-order valence-electron chi connectivity index (χ1n) is 5.80. The smallest absolute Gasteiger partial charge is 0.225 e. The van der Waals surface area contributed by atoms with Crippen molar-refractivity contribution < 1.29 is 4.79 Å². The van der Waals surface area contributed by atoms with Gasteiger partial charge in [-0.25, -0.2) is 4.98 Å². The van der Waals surface area contributed by atoms with Gasteiger partial charge in [-0.1, -0.05) is 0 Å². The van der Waals surface area contributed by atoms with E-state index in [1.54, 1.807) is 6.20 Å². The lowest BCUT2D eigenvalue weighted by atomic mass is 9.89. The molecule has 0 aromatic carbocycles. The van der Waals surface area contributed by atoms with E-state index in [-0.39, 0.29) is 5.91 Å². The van der Waals surface area contributed by atoms with E-state index in [1.165, 1.54) is 0 Å². The second-order valence-electron chi connectivity index (χ2n) is 5.07. The molecule has 1 fully saturated rings. The van der Waals surface area contributed by atoms with Crippen LogP contribution in [0.5, 0.6) is 0 Å². The summed E-state index contributed by atoms with van der Waals surface area (Å²) in [5.74, 6) is 0.569. The van der Waals surface area contributed by atoms with Crippen molar-refractivity contribution in [1.29, 1.82) is 0 Å². The van der Waals surface area contributed by atoms with Crippen molar-refractivity contribution in [2.75, 3.05) is 23.7 Å². The van der Waals surface area contributed by atoms with E-state index in [9.17, 15) is 4.79 Å². The number of primary amides is 1. The molecular formula is C12H17BrN4O. The topological polar surface area (TPSA) is 85.2 Å². The van der Waals surface area contributed by atoms with Crippen molar-refractivity contribution >= 4 is 33.3 Å². The minimum absolute atomic E-state index is 0.256. The lowest BCUT2D eigenvalue weighted by molar-refractivity contribution is -0.125. The molecular weight excluding hydrogens is 296 g/mol. The first-order valence-corrected chi connectivity index (χ1v) is 6.60.